The lowest BCUT2D eigenvalue weighted by Crippen LogP contribution is -2.36. The molecule has 168 valence electrons. The molecular weight excluding hydrogens is 437 g/mol. The van der Waals surface area contributed by atoms with E-state index < -0.39 is 23.6 Å². The van der Waals surface area contributed by atoms with Crippen LogP contribution in [0, 0.1) is 0 Å². The lowest BCUT2D eigenvalue weighted by atomic mass is 10.2. The molecule has 0 bridgehead atoms. The molecule has 1 heterocycles. The number of nitrogens with zero attached hydrogens (tertiary/aromatic N) is 2. The second-order valence-electron chi connectivity index (χ2n) is 6.22. The zero-order valence-electron chi connectivity index (χ0n) is 17.1. The minimum atomic E-state index is -4.48. The predicted octanol–water partition coefficient (Wildman–Crippen LogP) is 3.41. The first-order valence-electron chi connectivity index (χ1n) is 8.89. The largest absolute Gasteiger partial charge is 0.497 e. The maximum Gasteiger partial charge on any atom is 0.417 e. The van der Waals surface area contributed by atoms with Crippen molar-refractivity contribution >= 4 is 23.6 Å². The molecule has 0 aliphatic heterocycles. The zero-order chi connectivity index (χ0) is 23.0. The monoisotopic (exact) mass is 458 g/mol. The van der Waals surface area contributed by atoms with Crippen molar-refractivity contribution in [3.05, 3.63) is 47.7 Å². The number of rotatable bonds is 9. The van der Waals surface area contributed by atoms with Crippen molar-refractivity contribution in [2.75, 3.05) is 33.6 Å². The normalized spacial score (nSPS) is 11.0. The van der Waals surface area contributed by atoms with Crippen molar-refractivity contribution in [3.8, 4) is 11.5 Å². The van der Waals surface area contributed by atoms with E-state index in [2.05, 4.69) is 9.72 Å². The maximum atomic E-state index is 12.7. The van der Waals surface area contributed by atoms with Crippen LogP contribution in [0.2, 0.25) is 0 Å². The topological polar surface area (TPSA) is 78.0 Å². The van der Waals surface area contributed by atoms with Crippen LogP contribution in [0.3, 0.4) is 0 Å². The summed E-state index contributed by atoms with van der Waals surface area (Å²) in [6.45, 7) is -0.224. The van der Waals surface area contributed by atoms with Gasteiger partial charge in [0.1, 0.15) is 18.0 Å². The number of halogens is 3. The molecule has 0 atom stereocenters. The van der Waals surface area contributed by atoms with Crippen LogP contribution in [0.4, 0.5) is 13.2 Å². The molecule has 0 N–H and O–H groups in total. The van der Waals surface area contributed by atoms with E-state index in [0.717, 1.165) is 17.8 Å². The number of aromatic nitrogens is 1. The first kappa shape index (κ1) is 24.3. The lowest BCUT2D eigenvalue weighted by Gasteiger charge is -2.22. The molecule has 0 saturated heterocycles. The van der Waals surface area contributed by atoms with Crippen molar-refractivity contribution in [3.63, 3.8) is 0 Å². The summed E-state index contributed by atoms with van der Waals surface area (Å²) >= 11 is 0.966. The van der Waals surface area contributed by atoms with Crippen LogP contribution in [-0.4, -0.2) is 55.4 Å². The third-order valence-electron chi connectivity index (χ3n) is 4.09. The number of amides is 1. The highest BCUT2D eigenvalue weighted by Gasteiger charge is 2.30. The molecular formula is C20H21F3N2O5S. The summed E-state index contributed by atoms with van der Waals surface area (Å²) in [7, 11) is 4.19. The lowest BCUT2D eigenvalue weighted by molar-refractivity contribution is -0.146. The number of pyridine rings is 1. The van der Waals surface area contributed by atoms with Gasteiger partial charge in [-0.15, -0.1) is 0 Å². The Bertz CT molecular complexity index is 884. The molecule has 11 heteroatoms. The Hall–Kier alpha value is -2.95. The van der Waals surface area contributed by atoms with Crippen LogP contribution < -0.4 is 9.47 Å². The van der Waals surface area contributed by atoms with Gasteiger partial charge in [-0.1, -0.05) is 11.8 Å². The molecule has 1 aromatic heterocycles. The summed E-state index contributed by atoms with van der Waals surface area (Å²) in [5, 5.41) is 0.252. The highest BCUT2D eigenvalue weighted by Crippen LogP contribution is 2.29. The molecule has 0 spiro atoms. The van der Waals surface area contributed by atoms with E-state index in [-0.39, 0.29) is 23.9 Å². The third-order valence-corrected chi connectivity index (χ3v) is 5.02. The number of ether oxygens (including phenoxy) is 3. The summed E-state index contributed by atoms with van der Waals surface area (Å²) in [5.41, 5.74) is -0.214. The van der Waals surface area contributed by atoms with E-state index in [9.17, 15) is 22.8 Å². The smallest absolute Gasteiger partial charge is 0.417 e. The van der Waals surface area contributed by atoms with Crippen LogP contribution >= 0.6 is 11.8 Å². The summed E-state index contributed by atoms with van der Waals surface area (Å²) < 4.78 is 53.0. The van der Waals surface area contributed by atoms with Gasteiger partial charge < -0.3 is 19.1 Å². The Morgan fingerprint density at radius 2 is 1.71 bits per heavy atom. The molecule has 2 aromatic rings. The Kier molecular flexibility index (Phi) is 8.55. The van der Waals surface area contributed by atoms with Gasteiger partial charge in [0, 0.05) is 18.8 Å². The summed E-state index contributed by atoms with van der Waals surface area (Å²) in [5.74, 6) is -0.123. The van der Waals surface area contributed by atoms with Crippen molar-refractivity contribution in [2.45, 2.75) is 17.7 Å². The number of hydrogen-bond acceptors (Lipinski definition) is 7. The number of hydrogen-bond donors (Lipinski definition) is 0. The quantitative estimate of drug-likeness (QED) is 0.421. The average Bonchev–Trinajstić information content (AvgIpc) is 2.76. The van der Waals surface area contributed by atoms with Crippen LogP contribution in [-0.2, 0) is 27.0 Å². The molecule has 7 nitrogen and oxygen atoms in total. The molecule has 0 aliphatic carbocycles. The van der Waals surface area contributed by atoms with E-state index in [4.69, 9.17) is 9.47 Å². The van der Waals surface area contributed by atoms with Crippen molar-refractivity contribution < 1.29 is 37.0 Å². The minimum absolute atomic E-state index is 0.0719. The minimum Gasteiger partial charge on any atom is -0.497 e. The summed E-state index contributed by atoms with van der Waals surface area (Å²) in [6, 6.07) is 7.16. The molecule has 0 saturated carbocycles. The van der Waals surface area contributed by atoms with Gasteiger partial charge in [-0.3, -0.25) is 9.59 Å². The average molecular weight is 458 g/mol. The second kappa shape index (κ2) is 10.9. The standard InChI is InChI=1S/C20H21F3N2O5S/c1-28-15-6-13(7-16(8-15)29-2)10-25(11-19(27)30-3)18(26)12-31-17-5-4-14(9-24-17)20(21,22)23/h4-9H,10-12H2,1-3H3. The molecule has 0 aliphatic rings. The van der Waals surface area contributed by atoms with Crippen LogP contribution in [0.25, 0.3) is 0 Å². The van der Waals surface area contributed by atoms with E-state index >= 15 is 0 Å². The molecule has 2 rings (SSSR count). The molecule has 0 unspecified atom stereocenters. The first-order chi connectivity index (χ1) is 14.7. The van der Waals surface area contributed by atoms with Gasteiger partial charge in [0.25, 0.3) is 0 Å². The van der Waals surface area contributed by atoms with Gasteiger partial charge >= 0.3 is 12.1 Å². The number of esters is 1. The van der Waals surface area contributed by atoms with E-state index in [1.807, 2.05) is 0 Å². The SMILES string of the molecule is COC(=O)CN(Cc1cc(OC)cc(OC)c1)C(=O)CSc1ccc(C(F)(F)F)cn1. The fourth-order valence-corrected chi connectivity index (χ4v) is 3.24. The molecule has 31 heavy (non-hydrogen) atoms. The van der Waals surface area contributed by atoms with Crippen molar-refractivity contribution in [1.29, 1.82) is 0 Å². The van der Waals surface area contributed by atoms with Gasteiger partial charge in [0.2, 0.25) is 5.91 Å². The molecule has 0 fully saturated rings. The van der Waals surface area contributed by atoms with Gasteiger partial charge in [0.15, 0.2) is 0 Å². The van der Waals surface area contributed by atoms with Gasteiger partial charge in [0.05, 0.1) is 37.7 Å². The number of alkyl halides is 3. The first-order valence-corrected chi connectivity index (χ1v) is 9.87. The summed E-state index contributed by atoms with van der Waals surface area (Å²) in [6.07, 6.45) is -3.78. The number of benzene rings is 1. The fourth-order valence-electron chi connectivity index (χ4n) is 2.49. The Morgan fingerprint density at radius 3 is 2.19 bits per heavy atom. The highest BCUT2D eigenvalue weighted by atomic mass is 32.2. The van der Waals surface area contributed by atoms with E-state index in [1.165, 1.54) is 32.3 Å². The fraction of sp³-hybridized carbons (Fsp3) is 0.350. The molecule has 1 aromatic carbocycles. The van der Waals surface area contributed by atoms with Crippen LogP contribution in [0.1, 0.15) is 11.1 Å². The predicted molar refractivity (Wildman–Crippen MR) is 107 cm³/mol. The number of carbonyl (C=O) groups excluding carboxylic acids is 2. The Morgan fingerprint density at radius 1 is 1.06 bits per heavy atom. The van der Waals surface area contributed by atoms with Gasteiger partial charge in [-0.2, -0.15) is 13.2 Å². The third kappa shape index (κ3) is 7.35. The number of carbonyl (C=O) groups is 2. The highest BCUT2D eigenvalue weighted by molar-refractivity contribution is 7.99. The Balaban J connectivity index is 2.12. The number of thioether (sulfide) groups is 1. The van der Waals surface area contributed by atoms with E-state index in [1.54, 1.807) is 18.2 Å². The Labute approximate surface area is 181 Å². The van der Waals surface area contributed by atoms with Crippen molar-refractivity contribution in [2.24, 2.45) is 0 Å². The van der Waals surface area contributed by atoms with Crippen LogP contribution in [0.15, 0.2) is 41.6 Å². The van der Waals surface area contributed by atoms with Gasteiger partial charge in [-0.25, -0.2) is 4.98 Å². The van der Waals surface area contributed by atoms with E-state index in [0.29, 0.717) is 23.3 Å². The molecule has 1 amide bonds. The number of methoxy groups -OCH3 is 3. The van der Waals surface area contributed by atoms with Crippen LogP contribution in [0.5, 0.6) is 11.5 Å². The van der Waals surface area contributed by atoms with Crippen molar-refractivity contribution in [1.82, 2.24) is 9.88 Å². The molecule has 0 radical (unpaired) electrons. The zero-order valence-corrected chi connectivity index (χ0v) is 17.9. The maximum absolute atomic E-state index is 12.7. The van der Waals surface area contributed by atoms with Gasteiger partial charge in [-0.05, 0) is 29.8 Å². The second-order valence-corrected chi connectivity index (χ2v) is 7.21. The summed E-state index contributed by atoms with van der Waals surface area (Å²) in [4.78, 5) is 29.5.